The van der Waals surface area contributed by atoms with Gasteiger partial charge >= 0.3 is 0 Å². The molecular weight excluding hydrogens is 192 g/mol. The Balaban J connectivity index is 2.79. The molecule has 1 rings (SSSR count). The normalized spacial score (nSPS) is 12.5. The summed E-state index contributed by atoms with van der Waals surface area (Å²) in [5.41, 5.74) is 1.08. The van der Waals surface area contributed by atoms with Gasteiger partial charge in [-0.2, -0.15) is 0 Å². The molecule has 0 bridgehead atoms. The molecule has 0 aliphatic heterocycles. The zero-order chi connectivity index (χ0) is 11.1. The molecule has 1 aromatic rings. The summed E-state index contributed by atoms with van der Waals surface area (Å²) in [5.74, 6) is 0.770. The van der Waals surface area contributed by atoms with Crippen LogP contribution in [-0.2, 0) is 4.74 Å². The van der Waals surface area contributed by atoms with Gasteiger partial charge in [0.05, 0.1) is 26.0 Å². The molecule has 15 heavy (non-hydrogen) atoms. The van der Waals surface area contributed by atoms with Gasteiger partial charge in [0.1, 0.15) is 5.75 Å². The number of ether oxygens (including phenoxy) is 2. The number of rotatable bonds is 6. The zero-order valence-corrected chi connectivity index (χ0v) is 9.49. The quantitative estimate of drug-likeness (QED) is 0.770. The van der Waals surface area contributed by atoms with E-state index < -0.39 is 0 Å². The maximum Gasteiger partial charge on any atom is 0.137 e. The minimum atomic E-state index is 0.169. The van der Waals surface area contributed by atoms with E-state index >= 15 is 0 Å². The SMILES string of the molecule is CCNC(COC)c1cncc(OC)c1. The molecule has 0 aliphatic rings. The third-order valence-corrected chi connectivity index (χ3v) is 2.16. The van der Waals surface area contributed by atoms with Crippen LogP contribution in [0.3, 0.4) is 0 Å². The van der Waals surface area contributed by atoms with Crippen molar-refractivity contribution < 1.29 is 9.47 Å². The van der Waals surface area contributed by atoms with Gasteiger partial charge in [-0.05, 0) is 18.2 Å². The lowest BCUT2D eigenvalue weighted by atomic mass is 10.1. The van der Waals surface area contributed by atoms with E-state index in [1.54, 1.807) is 20.4 Å². The van der Waals surface area contributed by atoms with E-state index in [4.69, 9.17) is 9.47 Å². The van der Waals surface area contributed by atoms with Gasteiger partial charge in [0.25, 0.3) is 0 Å². The van der Waals surface area contributed by atoms with Crippen LogP contribution in [0.5, 0.6) is 5.75 Å². The van der Waals surface area contributed by atoms with E-state index in [1.807, 2.05) is 12.3 Å². The smallest absolute Gasteiger partial charge is 0.137 e. The van der Waals surface area contributed by atoms with E-state index in [0.29, 0.717) is 6.61 Å². The molecule has 0 fully saturated rings. The molecule has 0 spiro atoms. The maximum absolute atomic E-state index is 5.15. The summed E-state index contributed by atoms with van der Waals surface area (Å²) in [6, 6.07) is 2.14. The van der Waals surface area contributed by atoms with Crippen LogP contribution in [0.15, 0.2) is 18.5 Å². The van der Waals surface area contributed by atoms with Crippen LogP contribution in [0.4, 0.5) is 0 Å². The highest BCUT2D eigenvalue weighted by Crippen LogP contribution is 2.17. The molecule has 0 saturated heterocycles. The Morgan fingerprint density at radius 1 is 1.40 bits per heavy atom. The molecule has 84 valence electrons. The van der Waals surface area contributed by atoms with Crippen LogP contribution >= 0.6 is 0 Å². The zero-order valence-electron chi connectivity index (χ0n) is 9.49. The molecule has 0 amide bonds. The molecule has 4 heteroatoms. The minimum Gasteiger partial charge on any atom is -0.495 e. The first-order chi connectivity index (χ1) is 7.31. The fraction of sp³-hybridized carbons (Fsp3) is 0.545. The standard InChI is InChI=1S/C11H18N2O2/c1-4-13-11(8-14-2)9-5-10(15-3)7-12-6-9/h5-7,11,13H,4,8H2,1-3H3. The van der Waals surface area contributed by atoms with Gasteiger partial charge in [-0.1, -0.05) is 6.92 Å². The molecule has 0 aromatic carbocycles. The van der Waals surface area contributed by atoms with Gasteiger partial charge in [-0.25, -0.2) is 0 Å². The van der Waals surface area contributed by atoms with Crippen molar-refractivity contribution >= 4 is 0 Å². The number of pyridine rings is 1. The molecule has 0 saturated carbocycles. The Labute approximate surface area is 90.6 Å². The topological polar surface area (TPSA) is 43.4 Å². The van der Waals surface area contributed by atoms with Crippen molar-refractivity contribution in [2.45, 2.75) is 13.0 Å². The summed E-state index contributed by atoms with van der Waals surface area (Å²) in [6.07, 6.45) is 3.52. The molecule has 4 nitrogen and oxygen atoms in total. The highest BCUT2D eigenvalue weighted by Gasteiger charge is 2.10. The second kappa shape index (κ2) is 6.37. The summed E-state index contributed by atoms with van der Waals surface area (Å²) in [4.78, 5) is 4.12. The highest BCUT2D eigenvalue weighted by molar-refractivity contribution is 5.25. The molecular formula is C11H18N2O2. The third-order valence-electron chi connectivity index (χ3n) is 2.16. The van der Waals surface area contributed by atoms with Gasteiger partial charge in [-0.3, -0.25) is 4.98 Å². The van der Waals surface area contributed by atoms with Gasteiger partial charge in [0.15, 0.2) is 0 Å². The average molecular weight is 210 g/mol. The Morgan fingerprint density at radius 2 is 2.20 bits per heavy atom. The van der Waals surface area contributed by atoms with Crippen LogP contribution in [-0.4, -0.2) is 32.4 Å². The Hall–Kier alpha value is -1.13. The van der Waals surface area contributed by atoms with Crippen molar-refractivity contribution in [1.82, 2.24) is 10.3 Å². The van der Waals surface area contributed by atoms with Crippen LogP contribution < -0.4 is 10.1 Å². The van der Waals surface area contributed by atoms with Crippen molar-refractivity contribution in [2.24, 2.45) is 0 Å². The Bertz CT molecular complexity index is 286. The van der Waals surface area contributed by atoms with Crippen LogP contribution in [0.2, 0.25) is 0 Å². The number of hydrogen-bond donors (Lipinski definition) is 1. The molecule has 1 heterocycles. The van der Waals surface area contributed by atoms with Crippen LogP contribution in [0.25, 0.3) is 0 Å². The largest absolute Gasteiger partial charge is 0.495 e. The highest BCUT2D eigenvalue weighted by atomic mass is 16.5. The number of hydrogen-bond acceptors (Lipinski definition) is 4. The molecule has 1 N–H and O–H groups in total. The van der Waals surface area contributed by atoms with Gasteiger partial charge in [0, 0.05) is 13.3 Å². The van der Waals surface area contributed by atoms with Crippen molar-refractivity contribution in [3.63, 3.8) is 0 Å². The summed E-state index contributed by atoms with van der Waals surface area (Å²) in [6.45, 7) is 3.59. The lowest BCUT2D eigenvalue weighted by Gasteiger charge is -2.17. The van der Waals surface area contributed by atoms with E-state index in [-0.39, 0.29) is 6.04 Å². The first-order valence-corrected chi connectivity index (χ1v) is 5.03. The fourth-order valence-corrected chi connectivity index (χ4v) is 1.42. The minimum absolute atomic E-state index is 0.169. The van der Waals surface area contributed by atoms with Gasteiger partial charge in [0.2, 0.25) is 0 Å². The summed E-state index contributed by atoms with van der Waals surface area (Å²) >= 11 is 0. The van der Waals surface area contributed by atoms with Gasteiger partial charge in [-0.15, -0.1) is 0 Å². The average Bonchev–Trinajstić information content (AvgIpc) is 2.29. The number of nitrogens with zero attached hydrogens (tertiary/aromatic N) is 1. The second-order valence-electron chi connectivity index (χ2n) is 3.22. The maximum atomic E-state index is 5.15. The lowest BCUT2D eigenvalue weighted by molar-refractivity contribution is 0.167. The molecule has 1 atom stereocenters. The lowest BCUT2D eigenvalue weighted by Crippen LogP contribution is -2.25. The molecule has 0 aliphatic carbocycles. The number of nitrogens with one attached hydrogen (secondary N) is 1. The summed E-state index contributed by atoms with van der Waals surface area (Å²) in [7, 11) is 3.33. The summed E-state index contributed by atoms with van der Waals surface area (Å²) in [5, 5.41) is 3.33. The number of aromatic nitrogens is 1. The van der Waals surface area contributed by atoms with Crippen molar-refractivity contribution in [2.75, 3.05) is 27.4 Å². The van der Waals surface area contributed by atoms with Gasteiger partial charge < -0.3 is 14.8 Å². The third kappa shape index (κ3) is 3.49. The molecule has 0 radical (unpaired) electrons. The predicted molar refractivity (Wildman–Crippen MR) is 59.1 cm³/mol. The number of methoxy groups -OCH3 is 2. The van der Waals surface area contributed by atoms with E-state index in [9.17, 15) is 0 Å². The predicted octanol–water partition coefficient (Wildman–Crippen LogP) is 1.39. The van der Waals surface area contributed by atoms with E-state index in [1.165, 1.54) is 0 Å². The van der Waals surface area contributed by atoms with Crippen molar-refractivity contribution in [1.29, 1.82) is 0 Å². The van der Waals surface area contributed by atoms with Crippen molar-refractivity contribution in [3.8, 4) is 5.75 Å². The first kappa shape index (κ1) is 11.9. The van der Waals surface area contributed by atoms with E-state index in [2.05, 4.69) is 17.2 Å². The van der Waals surface area contributed by atoms with Crippen molar-refractivity contribution in [3.05, 3.63) is 24.0 Å². The first-order valence-electron chi connectivity index (χ1n) is 5.03. The second-order valence-corrected chi connectivity index (χ2v) is 3.22. The molecule has 1 unspecified atom stereocenters. The monoisotopic (exact) mass is 210 g/mol. The molecule has 1 aromatic heterocycles. The Morgan fingerprint density at radius 3 is 2.80 bits per heavy atom. The van der Waals surface area contributed by atoms with E-state index in [0.717, 1.165) is 17.9 Å². The number of likely N-dealkylation sites (N-methyl/N-ethyl adjacent to an activating group) is 1. The van der Waals surface area contributed by atoms with Crippen LogP contribution in [0, 0.1) is 0 Å². The summed E-state index contributed by atoms with van der Waals surface area (Å²) < 4.78 is 10.3. The Kier molecular flexibility index (Phi) is 5.07. The fourth-order valence-electron chi connectivity index (χ4n) is 1.42. The van der Waals surface area contributed by atoms with Crippen LogP contribution in [0.1, 0.15) is 18.5 Å².